The zero-order valence-electron chi connectivity index (χ0n) is 9.41. The van der Waals surface area contributed by atoms with Crippen LogP contribution in [0.1, 0.15) is 17.5 Å². The number of anilines is 1. The summed E-state index contributed by atoms with van der Waals surface area (Å²) < 4.78 is 0. The SMILES string of the molecule is Cc1ccc(C)c2c1NC(CC(=O)O)CS2. The van der Waals surface area contributed by atoms with Crippen LogP contribution in [0.25, 0.3) is 0 Å². The van der Waals surface area contributed by atoms with Crippen LogP contribution in [0, 0.1) is 13.8 Å². The Balaban J connectivity index is 2.26. The number of aryl methyl sites for hydroxylation is 2. The molecule has 1 aromatic rings. The summed E-state index contributed by atoms with van der Waals surface area (Å²) >= 11 is 1.75. The molecule has 0 amide bonds. The summed E-state index contributed by atoms with van der Waals surface area (Å²) in [5.41, 5.74) is 3.55. The predicted molar refractivity (Wildman–Crippen MR) is 66.3 cm³/mol. The summed E-state index contributed by atoms with van der Waals surface area (Å²) in [6.45, 7) is 4.14. The maximum Gasteiger partial charge on any atom is 0.305 e. The second-order valence-corrected chi connectivity index (χ2v) is 5.18. The topological polar surface area (TPSA) is 49.3 Å². The Morgan fingerprint density at radius 1 is 1.50 bits per heavy atom. The van der Waals surface area contributed by atoms with Gasteiger partial charge in [0.15, 0.2) is 0 Å². The molecule has 1 unspecified atom stereocenters. The average molecular weight is 237 g/mol. The second-order valence-electron chi connectivity index (χ2n) is 4.15. The van der Waals surface area contributed by atoms with E-state index in [1.807, 2.05) is 0 Å². The fourth-order valence-electron chi connectivity index (χ4n) is 1.90. The van der Waals surface area contributed by atoms with Gasteiger partial charge in [-0.05, 0) is 25.0 Å². The fourth-order valence-corrected chi connectivity index (χ4v) is 3.13. The van der Waals surface area contributed by atoms with Crippen molar-refractivity contribution in [2.45, 2.75) is 31.2 Å². The number of carboxylic acids is 1. The first-order chi connectivity index (χ1) is 7.58. The number of hydrogen-bond donors (Lipinski definition) is 2. The zero-order valence-corrected chi connectivity index (χ0v) is 10.2. The number of aliphatic carboxylic acids is 1. The zero-order chi connectivity index (χ0) is 11.7. The molecule has 86 valence electrons. The molecule has 1 atom stereocenters. The number of fused-ring (bicyclic) bond motifs is 1. The van der Waals surface area contributed by atoms with Gasteiger partial charge in [0.2, 0.25) is 0 Å². The quantitative estimate of drug-likeness (QED) is 0.830. The molecule has 0 radical (unpaired) electrons. The summed E-state index contributed by atoms with van der Waals surface area (Å²) in [6.07, 6.45) is 0.180. The van der Waals surface area contributed by atoms with Crippen molar-refractivity contribution in [2.24, 2.45) is 0 Å². The van der Waals surface area contributed by atoms with E-state index >= 15 is 0 Å². The first kappa shape index (κ1) is 11.3. The number of hydrogen-bond acceptors (Lipinski definition) is 3. The third-order valence-electron chi connectivity index (χ3n) is 2.76. The van der Waals surface area contributed by atoms with Gasteiger partial charge >= 0.3 is 5.97 Å². The van der Waals surface area contributed by atoms with Crippen molar-refractivity contribution in [2.75, 3.05) is 11.1 Å². The molecular weight excluding hydrogens is 222 g/mol. The number of benzene rings is 1. The van der Waals surface area contributed by atoms with Gasteiger partial charge in [-0.2, -0.15) is 0 Å². The molecule has 0 aromatic heterocycles. The monoisotopic (exact) mass is 237 g/mol. The van der Waals surface area contributed by atoms with Crippen LogP contribution < -0.4 is 5.32 Å². The molecule has 1 heterocycles. The highest BCUT2D eigenvalue weighted by Gasteiger charge is 2.22. The van der Waals surface area contributed by atoms with Gasteiger partial charge in [-0.25, -0.2) is 0 Å². The molecule has 1 aromatic carbocycles. The highest BCUT2D eigenvalue weighted by molar-refractivity contribution is 7.99. The first-order valence-electron chi connectivity index (χ1n) is 5.29. The minimum absolute atomic E-state index is 0.0375. The van der Waals surface area contributed by atoms with Gasteiger partial charge in [0.05, 0.1) is 12.1 Å². The van der Waals surface area contributed by atoms with Gasteiger partial charge in [-0.15, -0.1) is 11.8 Å². The number of rotatable bonds is 2. The van der Waals surface area contributed by atoms with E-state index in [2.05, 4.69) is 31.3 Å². The lowest BCUT2D eigenvalue weighted by Gasteiger charge is -2.28. The summed E-state index contributed by atoms with van der Waals surface area (Å²) in [5, 5.41) is 12.1. The van der Waals surface area contributed by atoms with Crippen LogP contribution in [0.15, 0.2) is 17.0 Å². The molecule has 16 heavy (non-hydrogen) atoms. The Bertz CT molecular complexity index is 431. The molecule has 0 saturated heterocycles. The highest BCUT2D eigenvalue weighted by Crippen LogP contribution is 2.38. The predicted octanol–water partition coefficient (Wildman–Crippen LogP) is 2.66. The smallest absolute Gasteiger partial charge is 0.305 e. The summed E-state index contributed by atoms with van der Waals surface area (Å²) in [5.74, 6) is 0.0794. The highest BCUT2D eigenvalue weighted by atomic mass is 32.2. The lowest BCUT2D eigenvalue weighted by Crippen LogP contribution is -2.29. The number of carbonyl (C=O) groups is 1. The largest absolute Gasteiger partial charge is 0.481 e. The molecule has 4 heteroatoms. The molecule has 0 bridgehead atoms. The van der Waals surface area contributed by atoms with Crippen molar-refractivity contribution in [3.63, 3.8) is 0 Å². The molecular formula is C12H15NO2S. The van der Waals surface area contributed by atoms with Crippen LogP contribution in [0.2, 0.25) is 0 Å². The average Bonchev–Trinajstić information content (AvgIpc) is 2.23. The van der Waals surface area contributed by atoms with Gasteiger partial charge in [-0.1, -0.05) is 12.1 Å². The van der Waals surface area contributed by atoms with E-state index in [1.54, 1.807) is 11.8 Å². The van der Waals surface area contributed by atoms with Gasteiger partial charge in [-0.3, -0.25) is 4.79 Å². The summed E-state index contributed by atoms with van der Waals surface area (Å²) in [7, 11) is 0. The Kier molecular flexibility index (Phi) is 3.10. The van der Waals surface area contributed by atoms with Crippen molar-refractivity contribution in [1.82, 2.24) is 0 Å². The lowest BCUT2D eigenvalue weighted by molar-refractivity contribution is -0.137. The Labute approximate surface area is 99.2 Å². The van der Waals surface area contributed by atoms with E-state index in [-0.39, 0.29) is 12.5 Å². The van der Waals surface area contributed by atoms with Crippen molar-refractivity contribution in [3.05, 3.63) is 23.3 Å². The van der Waals surface area contributed by atoms with Crippen LogP contribution in [0.3, 0.4) is 0 Å². The molecule has 0 saturated carbocycles. The minimum Gasteiger partial charge on any atom is -0.481 e. The first-order valence-corrected chi connectivity index (χ1v) is 6.28. The van der Waals surface area contributed by atoms with E-state index in [4.69, 9.17) is 5.11 Å². The molecule has 1 aliphatic rings. The van der Waals surface area contributed by atoms with E-state index in [9.17, 15) is 4.79 Å². The third kappa shape index (κ3) is 2.16. The van der Waals surface area contributed by atoms with E-state index < -0.39 is 5.97 Å². The summed E-state index contributed by atoms with van der Waals surface area (Å²) in [6, 6.07) is 4.22. The van der Waals surface area contributed by atoms with Crippen molar-refractivity contribution >= 4 is 23.4 Å². The minimum atomic E-state index is -0.744. The van der Waals surface area contributed by atoms with Crippen LogP contribution >= 0.6 is 11.8 Å². The maximum atomic E-state index is 10.7. The van der Waals surface area contributed by atoms with Gasteiger partial charge in [0.25, 0.3) is 0 Å². The molecule has 1 aliphatic heterocycles. The number of carboxylic acid groups (broad SMARTS) is 1. The van der Waals surface area contributed by atoms with Crippen molar-refractivity contribution in [3.8, 4) is 0 Å². The molecule has 0 spiro atoms. The number of thioether (sulfide) groups is 1. The van der Waals surface area contributed by atoms with E-state index in [1.165, 1.54) is 16.0 Å². The molecule has 2 N–H and O–H groups in total. The third-order valence-corrected chi connectivity index (χ3v) is 4.15. The van der Waals surface area contributed by atoms with Gasteiger partial charge in [0, 0.05) is 16.7 Å². The molecule has 3 nitrogen and oxygen atoms in total. The van der Waals surface area contributed by atoms with Crippen molar-refractivity contribution < 1.29 is 9.90 Å². The Hall–Kier alpha value is -1.16. The van der Waals surface area contributed by atoms with Crippen molar-refractivity contribution in [1.29, 1.82) is 0 Å². The summed E-state index contributed by atoms with van der Waals surface area (Å²) in [4.78, 5) is 11.9. The van der Waals surface area contributed by atoms with Gasteiger partial charge in [0.1, 0.15) is 0 Å². The Morgan fingerprint density at radius 3 is 2.88 bits per heavy atom. The van der Waals surface area contributed by atoms with E-state index in [0.29, 0.717) is 0 Å². The van der Waals surface area contributed by atoms with Crippen LogP contribution in [0.4, 0.5) is 5.69 Å². The fraction of sp³-hybridized carbons (Fsp3) is 0.417. The molecule has 0 fully saturated rings. The van der Waals surface area contributed by atoms with Gasteiger partial charge < -0.3 is 10.4 Å². The maximum absolute atomic E-state index is 10.7. The van der Waals surface area contributed by atoms with Crippen LogP contribution in [-0.2, 0) is 4.79 Å². The normalized spacial score (nSPS) is 18.8. The lowest BCUT2D eigenvalue weighted by atomic mass is 10.1. The second kappa shape index (κ2) is 4.37. The standard InChI is InChI=1S/C12H15NO2S/c1-7-3-4-8(2)12-11(7)13-9(6-16-12)5-10(14)15/h3-4,9,13H,5-6H2,1-2H3,(H,14,15). The van der Waals surface area contributed by atoms with Crippen LogP contribution in [-0.4, -0.2) is 22.9 Å². The Morgan fingerprint density at radius 2 is 2.19 bits per heavy atom. The van der Waals surface area contributed by atoms with E-state index in [0.717, 1.165) is 11.4 Å². The molecule has 0 aliphatic carbocycles. The molecule has 2 rings (SSSR count). The van der Waals surface area contributed by atoms with Crippen LogP contribution in [0.5, 0.6) is 0 Å². The number of nitrogens with one attached hydrogen (secondary N) is 1.